The van der Waals surface area contributed by atoms with Crippen LogP contribution < -0.4 is 10.8 Å². The summed E-state index contributed by atoms with van der Waals surface area (Å²) in [5.41, 5.74) is 5.73. The van der Waals surface area contributed by atoms with Gasteiger partial charge in [0.15, 0.2) is 0 Å². The van der Waals surface area contributed by atoms with Gasteiger partial charge in [-0.25, -0.2) is 5.48 Å². The third kappa shape index (κ3) is 4.76. The largest absolute Gasteiger partial charge is 0.361 e. The Hall–Kier alpha value is -2.96. The number of benzene rings is 1. The van der Waals surface area contributed by atoms with Crippen molar-refractivity contribution in [2.75, 3.05) is 6.54 Å². The van der Waals surface area contributed by atoms with Crippen LogP contribution in [0.3, 0.4) is 0 Å². The molecule has 0 spiro atoms. The van der Waals surface area contributed by atoms with Gasteiger partial charge < -0.3 is 10.3 Å². The first kappa shape index (κ1) is 16.9. The number of nitrogens with zero attached hydrogens (tertiary/aromatic N) is 1. The Morgan fingerprint density at radius 2 is 2.16 bits per heavy atom. The van der Waals surface area contributed by atoms with Crippen LogP contribution in [0.15, 0.2) is 54.9 Å². The lowest BCUT2D eigenvalue weighted by Crippen LogP contribution is -2.17. The van der Waals surface area contributed by atoms with Crippen molar-refractivity contribution in [2.24, 2.45) is 0 Å². The van der Waals surface area contributed by atoms with Crippen LogP contribution in [0, 0.1) is 0 Å². The number of pyridine rings is 1. The van der Waals surface area contributed by atoms with E-state index in [1.54, 1.807) is 17.8 Å². The lowest BCUT2D eigenvalue weighted by Gasteiger charge is -2.05. The number of rotatable bonds is 7. The summed E-state index contributed by atoms with van der Waals surface area (Å²) in [6, 6.07) is 12.3. The van der Waals surface area contributed by atoms with E-state index in [1.165, 1.54) is 17.0 Å². The highest BCUT2D eigenvalue weighted by atomic mass is 16.5. The fourth-order valence-corrected chi connectivity index (χ4v) is 2.55. The normalized spacial score (nSPS) is 11.2. The van der Waals surface area contributed by atoms with E-state index >= 15 is 0 Å². The highest BCUT2D eigenvalue weighted by Crippen LogP contribution is 2.14. The first-order chi connectivity index (χ1) is 12.2. The molecule has 0 radical (unpaired) electrons. The van der Waals surface area contributed by atoms with Gasteiger partial charge in [-0.3, -0.25) is 15.0 Å². The van der Waals surface area contributed by atoms with Crippen molar-refractivity contribution in [2.45, 2.75) is 13.0 Å². The lowest BCUT2D eigenvalue weighted by atomic mass is 10.1. The van der Waals surface area contributed by atoms with Crippen molar-refractivity contribution < 1.29 is 10.0 Å². The summed E-state index contributed by atoms with van der Waals surface area (Å²) in [7, 11) is 0. The van der Waals surface area contributed by atoms with Crippen molar-refractivity contribution in [3.05, 3.63) is 71.7 Å². The number of aromatic nitrogens is 2. The molecule has 0 aliphatic rings. The van der Waals surface area contributed by atoms with Crippen molar-refractivity contribution in [1.29, 1.82) is 0 Å². The molecule has 128 valence electrons. The zero-order chi connectivity index (χ0) is 17.5. The maximum Gasteiger partial charge on any atom is 0.267 e. The molecule has 0 aliphatic carbocycles. The molecule has 4 N–H and O–H groups in total. The highest BCUT2D eigenvalue weighted by Gasteiger charge is 1.99. The van der Waals surface area contributed by atoms with Gasteiger partial charge in [0.05, 0.1) is 5.69 Å². The maximum absolute atomic E-state index is 10.9. The zero-order valence-corrected chi connectivity index (χ0v) is 13.7. The smallest absolute Gasteiger partial charge is 0.267 e. The second-order valence-electron chi connectivity index (χ2n) is 5.72. The second kappa shape index (κ2) is 8.23. The Morgan fingerprint density at radius 3 is 2.96 bits per heavy atom. The van der Waals surface area contributed by atoms with Crippen molar-refractivity contribution in [1.82, 2.24) is 20.8 Å². The molecule has 6 nitrogen and oxygen atoms in total. The fourth-order valence-electron chi connectivity index (χ4n) is 2.55. The van der Waals surface area contributed by atoms with Gasteiger partial charge in [0.25, 0.3) is 5.91 Å². The molecule has 0 fully saturated rings. The van der Waals surface area contributed by atoms with E-state index in [2.05, 4.69) is 39.6 Å². The molecule has 6 heteroatoms. The summed E-state index contributed by atoms with van der Waals surface area (Å²) in [6.07, 6.45) is 7.43. The molecule has 2 aromatic heterocycles. The van der Waals surface area contributed by atoms with Gasteiger partial charge >= 0.3 is 0 Å². The van der Waals surface area contributed by atoms with Gasteiger partial charge in [0, 0.05) is 30.5 Å². The van der Waals surface area contributed by atoms with Crippen LogP contribution in [0.5, 0.6) is 0 Å². The van der Waals surface area contributed by atoms with Gasteiger partial charge in [-0.15, -0.1) is 0 Å². The number of hydroxylamine groups is 1. The van der Waals surface area contributed by atoms with E-state index in [9.17, 15) is 4.79 Å². The van der Waals surface area contributed by atoms with E-state index < -0.39 is 5.91 Å². The predicted octanol–water partition coefficient (Wildman–Crippen LogP) is 2.41. The van der Waals surface area contributed by atoms with E-state index in [0.717, 1.165) is 29.7 Å². The van der Waals surface area contributed by atoms with E-state index in [-0.39, 0.29) is 0 Å². The summed E-state index contributed by atoms with van der Waals surface area (Å²) in [5, 5.41) is 13.0. The number of hydrogen-bond acceptors (Lipinski definition) is 4. The van der Waals surface area contributed by atoms with Gasteiger partial charge in [-0.05, 0) is 53.8 Å². The van der Waals surface area contributed by atoms with Crippen molar-refractivity contribution in [3.8, 4) is 0 Å². The topological polar surface area (TPSA) is 90.0 Å². The van der Waals surface area contributed by atoms with Gasteiger partial charge in [-0.1, -0.05) is 18.2 Å². The Balaban J connectivity index is 1.45. The standard InChI is InChI=1S/C19H20N4O2/c24-19(23-25)6-3-15-2-5-17(22-12-15)13-20-9-7-14-1-4-16-8-10-21-18(16)11-14/h1-6,8,10-12,20-21,25H,7,9,13H2,(H,23,24)/b6-3+. The minimum Gasteiger partial charge on any atom is -0.361 e. The van der Waals surface area contributed by atoms with Gasteiger partial charge in [-0.2, -0.15) is 0 Å². The monoisotopic (exact) mass is 336 g/mol. The van der Waals surface area contributed by atoms with Crippen molar-refractivity contribution in [3.63, 3.8) is 0 Å². The molecule has 3 aromatic rings. The van der Waals surface area contributed by atoms with Crippen LogP contribution in [0.25, 0.3) is 17.0 Å². The van der Waals surface area contributed by atoms with E-state index in [4.69, 9.17) is 5.21 Å². The SMILES string of the molecule is O=C(/C=C/c1ccc(CNCCc2ccc3cc[nH]c3c2)nc1)NO. The van der Waals surface area contributed by atoms with Crippen LogP contribution >= 0.6 is 0 Å². The first-order valence-electron chi connectivity index (χ1n) is 8.08. The highest BCUT2D eigenvalue weighted by molar-refractivity contribution is 5.90. The number of carbonyl (C=O) groups is 1. The Morgan fingerprint density at radius 1 is 1.24 bits per heavy atom. The Labute approximate surface area is 145 Å². The average molecular weight is 336 g/mol. The number of H-pyrrole nitrogens is 1. The fraction of sp³-hybridized carbons (Fsp3) is 0.158. The number of amides is 1. The zero-order valence-electron chi connectivity index (χ0n) is 13.7. The summed E-state index contributed by atoms with van der Waals surface area (Å²) >= 11 is 0. The maximum atomic E-state index is 10.9. The minimum absolute atomic E-state index is 0.566. The predicted molar refractivity (Wildman–Crippen MR) is 96.9 cm³/mol. The van der Waals surface area contributed by atoms with Crippen molar-refractivity contribution >= 4 is 22.9 Å². The number of fused-ring (bicyclic) bond motifs is 1. The van der Waals surface area contributed by atoms with E-state index in [0.29, 0.717) is 6.54 Å². The Bertz CT molecular complexity index is 869. The molecular weight excluding hydrogens is 316 g/mol. The quantitative estimate of drug-likeness (QED) is 0.231. The number of carbonyl (C=O) groups excluding carboxylic acids is 1. The second-order valence-corrected chi connectivity index (χ2v) is 5.72. The molecule has 2 heterocycles. The molecule has 0 bridgehead atoms. The van der Waals surface area contributed by atoms with E-state index in [1.807, 2.05) is 18.3 Å². The van der Waals surface area contributed by atoms with Crippen LogP contribution in [0.1, 0.15) is 16.8 Å². The summed E-state index contributed by atoms with van der Waals surface area (Å²) in [5.74, 6) is -0.566. The average Bonchev–Trinajstić information content (AvgIpc) is 3.12. The number of nitrogens with one attached hydrogen (secondary N) is 3. The summed E-state index contributed by atoms with van der Waals surface area (Å²) in [4.78, 5) is 18.5. The van der Waals surface area contributed by atoms with Gasteiger partial charge in [0.1, 0.15) is 0 Å². The number of aromatic amines is 1. The molecule has 0 atom stereocenters. The molecule has 0 saturated carbocycles. The molecule has 1 amide bonds. The molecule has 0 saturated heterocycles. The lowest BCUT2D eigenvalue weighted by molar-refractivity contribution is -0.124. The number of hydrogen-bond donors (Lipinski definition) is 4. The molecule has 25 heavy (non-hydrogen) atoms. The first-order valence-corrected chi connectivity index (χ1v) is 8.08. The summed E-state index contributed by atoms with van der Waals surface area (Å²) < 4.78 is 0. The Kier molecular flexibility index (Phi) is 5.56. The molecule has 0 unspecified atom stereocenters. The molecule has 0 aliphatic heterocycles. The van der Waals surface area contributed by atoms with Crippen LogP contribution in [0.2, 0.25) is 0 Å². The third-order valence-corrected chi connectivity index (χ3v) is 3.90. The van der Waals surface area contributed by atoms with Crippen LogP contribution in [-0.4, -0.2) is 27.6 Å². The van der Waals surface area contributed by atoms with Crippen LogP contribution in [0.4, 0.5) is 0 Å². The third-order valence-electron chi connectivity index (χ3n) is 3.90. The molecule has 1 aromatic carbocycles. The molecular formula is C19H20N4O2. The minimum atomic E-state index is -0.566. The summed E-state index contributed by atoms with van der Waals surface area (Å²) in [6.45, 7) is 1.55. The van der Waals surface area contributed by atoms with Gasteiger partial charge in [0.2, 0.25) is 0 Å². The molecule has 3 rings (SSSR count). The van der Waals surface area contributed by atoms with Crippen LogP contribution in [-0.2, 0) is 17.8 Å².